The quantitative estimate of drug-likeness (QED) is 0.668. The third-order valence-electron chi connectivity index (χ3n) is 3.34. The van der Waals surface area contributed by atoms with Gasteiger partial charge in [0.2, 0.25) is 0 Å². The van der Waals surface area contributed by atoms with E-state index in [0.717, 1.165) is 25.9 Å². The number of likely N-dealkylation sites (tertiary alicyclic amines) is 1. The zero-order valence-electron chi connectivity index (χ0n) is 8.07. The highest BCUT2D eigenvalue weighted by molar-refractivity contribution is 5.77. The van der Waals surface area contributed by atoms with Crippen molar-refractivity contribution in [2.45, 2.75) is 25.9 Å². The van der Waals surface area contributed by atoms with Crippen molar-refractivity contribution in [1.29, 1.82) is 0 Å². The maximum absolute atomic E-state index is 10.9. The van der Waals surface area contributed by atoms with Gasteiger partial charge in [-0.05, 0) is 25.7 Å². The van der Waals surface area contributed by atoms with E-state index in [-0.39, 0.29) is 11.9 Å². The molecule has 13 heavy (non-hydrogen) atoms. The van der Waals surface area contributed by atoms with Gasteiger partial charge in [-0.25, -0.2) is 0 Å². The molecule has 0 aromatic carbocycles. The van der Waals surface area contributed by atoms with Gasteiger partial charge in [0.25, 0.3) is 0 Å². The number of Topliss-reactive ketones (excluding diaryl/α,β-unsaturated/α-hetero) is 1. The molecule has 3 atom stereocenters. The van der Waals surface area contributed by atoms with Gasteiger partial charge >= 0.3 is 0 Å². The summed E-state index contributed by atoms with van der Waals surface area (Å²) in [6.45, 7) is 4.14. The summed E-state index contributed by atoms with van der Waals surface area (Å²) in [5.74, 6) is 1.32. The van der Waals surface area contributed by atoms with Crippen LogP contribution in [0.25, 0.3) is 0 Å². The zero-order valence-corrected chi connectivity index (χ0v) is 8.07. The lowest BCUT2D eigenvalue weighted by Gasteiger charge is -2.15. The second kappa shape index (κ2) is 3.39. The molecule has 1 saturated heterocycles. The molecule has 0 aromatic heterocycles. The Balaban J connectivity index is 1.91. The van der Waals surface area contributed by atoms with E-state index in [0.29, 0.717) is 18.4 Å². The van der Waals surface area contributed by atoms with Crippen LogP contribution in [-0.4, -0.2) is 41.5 Å². The highest BCUT2D eigenvalue weighted by atomic mass is 16.3. The summed E-state index contributed by atoms with van der Waals surface area (Å²) in [5, 5.41) is 9.64. The molecule has 0 aromatic rings. The maximum atomic E-state index is 10.9. The number of nitrogens with zero attached hydrogens (tertiary/aromatic N) is 1. The summed E-state index contributed by atoms with van der Waals surface area (Å²) in [7, 11) is 0. The molecule has 3 unspecified atom stereocenters. The highest BCUT2D eigenvalue weighted by Gasteiger charge is 2.41. The molecule has 0 amide bonds. The second-order valence-corrected chi connectivity index (χ2v) is 4.46. The van der Waals surface area contributed by atoms with Crippen LogP contribution < -0.4 is 0 Å². The number of hydrogen-bond donors (Lipinski definition) is 1. The molecule has 0 radical (unpaired) electrons. The number of aliphatic hydroxyl groups excluding tert-OH is 1. The minimum Gasteiger partial charge on any atom is -0.393 e. The van der Waals surface area contributed by atoms with Crippen molar-refractivity contribution >= 4 is 5.78 Å². The lowest BCUT2D eigenvalue weighted by atomic mass is 10.00. The van der Waals surface area contributed by atoms with Crippen LogP contribution in [0, 0.1) is 11.8 Å². The summed E-state index contributed by atoms with van der Waals surface area (Å²) in [6, 6.07) is 0. The topological polar surface area (TPSA) is 40.5 Å². The molecule has 1 aliphatic heterocycles. The van der Waals surface area contributed by atoms with E-state index < -0.39 is 0 Å². The fraction of sp³-hybridized carbons (Fsp3) is 0.900. The van der Waals surface area contributed by atoms with E-state index in [1.165, 1.54) is 0 Å². The predicted octanol–water partition coefficient (Wildman–Crippen LogP) is 0.278. The van der Waals surface area contributed by atoms with Gasteiger partial charge in [-0.3, -0.25) is 9.69 Å². The van der Waals surface area contributed by atoms with Crippen LogP contribution in [-0.2, 0) is 4.79 Å². The maximum Gasteiger partial charge on any atom is 0.143 e. The van der Waals surface area contributed by atoms with Crippen molar-refractivity contribution in [3.05, 3.63) is 0 Å². The molecule has 2 fully saturated rings. The number of ketones is 1. The van der Waals surface area contributed by atoms with Crippen molar-refractivity contribution in [2.75, 3.05) is 19.6 Å². The van der Waals surface area contributed by atoms with E-state index >= 15 is 0 Å². The van der Waals surface area contributed by atoms with Gasteiger partial charge in [0.05, 0.1) is 12.6 Å². The van der Waals surface area contributed by atoms with Crippen LogP contribution in [0.15, 0.2) is 0 Å². The Hall–Kier alpha value is -0.410. The summed E-state index contributed by atoms with van der Waals surface area (Å²) >= 11 is 0. The van der Waals surface area contributed by atoms with Gasteiger partial charge in [0.15, 0.2) is 0 Å². The Labute approximate surface area is 78.7 Å². The number of hydrogen-bond acceptors (Lipinski definition) is 3. The summed E-state index contributed by atoms with van der Waals surface area (Å²) in [5.41, 5.74) is 0. The lowest BCUT2D eigenvalue weighted by Crippen LogP contribution is -2.28. The number of fused-ring (bicyclic) bond motifs is 1. The van der Waals surface area contributed by atoms with Crippen LogP contribution in [0.4, 0.5) is 0 Å². The van der Waals surface area contributed by atoms with Crippen LogP contribution >= 0.6 is 0 Å². The van der Waals surface area contributed by atoms with Gasteiger partial charge in [0, 0.05) is 19.0 Å². The number of carbonyl (C=O) groups is 1. The third-order valence-corrected chi connectivity index (χ3v) is 3.34. The number of rotatable bonds is 2. The molecule has 0 spiro atoms. The fourth-order valence-corrected chi connectivity index (χ4v) is 2.77. The van der Waals surface area contributed by atoms with Crippen molar-refractivity contribution in [3.8, 4) is 0 Å². The first-order chi connectivity index (χ1) is 6.16. The van der Waals surface area contributed by atoms with Gasteiger partial charge in [-0.15, -0.1) is 0 Å². The number of carbonyl (C=O) groups excluding carboxylic acids is 1. The highest BCUT2D eigenvalue weighted by Crippen LogP contribution is 2.37. The van der Waals surface area contributed by atoms with Gasteiger partial charge in [-0.2, -0.15) is 0 Å². The van der Waals surface area contributed by atoms with E-state index in [4.69, 9.17) is 0 Å². The molecule has 1 heterocycles. The van der Waals surface area contributed by atoms with E-state index in [2.05, 4.69) is 4.90 Å². The molecule has 1 aliphatic carbocycles. The van der Waals surface area contributed by atoms with Gasteiger partial charge in [-0.1, -0.05) is 0 Å². The van der Waals surface area contributed by atoms with E-state index in [1.807, 2.05) is 0 Å². The third kappa shape index (κ3) is 1.76. The van der Waals surface area contributed by atoms with Gasteiger partial charge in [0.1, 0.15) is 5.78 Å². The normalized spacial score (nSPS) is 39.4. The minimum absolute atomic E-state index is 0.109. The molecular formula is C10H17NO2. The van der Waals surface area contributed by atoms with Crippen LogP contribution in [0.1, 0.15) is 19.8 Å². The Morgan fingerprint density at radius 2 is 2.23 bits per heavy atom. The van der Waals surface area contributed by atoms with Crippen LogP contribution in [0.3, 0.4) is 0 Å². The van der Waals surface area contributed by atoms with Crippen molar-refractivity contribution < 1.29 is 9.90 Å². The van der Waals surface area contributed by atoms with Crippen molar-refractivity contribution in [1.82, 2.24) is 4.90 Å². The van der Waals surface area contributed by atoms with Crippen LogP contribution in [0.5, 0.6) is 0 Å². The first-order valence-corrected chi connectivity index (χ1v) is 5.06. The molecular weight excluding hydrogens is 166 g/mol. The molecule has 0 bridgehead atoms. The molecule has 3 nitrogen and oxygen atoms in total. The molecule has 2 aliphatic rings. The second-order valence-electron chi connectivity index (χ2n) is 4.46. The average molecular weight is 183 g/mol. The first-order valence-electron chi connectivity index (χ1n) is 5.06. The SMILES string of the molecule is CC(=O)CN1CC2CCC(O)C2C1. The predicted molar refractivity (Wildman–Crippen MR) is 49.3 cm³/mol. The standard InChI is InChI=1S/C10H17NO2/c1-7(12)4-11-5-8-2-3-10(13)9(8)6-11/h8-10,13H,2-6H2,1H3. The molecule has 3 heteroatoms. The first kappa shape index (κ1) is 9.16. The average Bonchev–Trinajstić information content (AvgIpc) is 2.53. The largest absolute Gasteiger partial charge is 0.393 e. The Morgan fingerprint density at radius 3 is 2.85 bits per heavy atom. The van der Waals surface area contributed by atoms with Crippen LogP contribution in [0.2, 0.25) is 0 Å². The van der Waals surface area contributed by atoms with Crippen molar-refractivity contribution in [2.24, 2.45) is 11.8 Å². The smallest absolute Gasteiger partial charge is 0.143 e. The fourth-order valence-electron chi connectivity index (χ4n) is 2.77. The number of aliphatic hydroxyl groups is 1. The Morgan fingerprint density at radius 1 is 1.46 bits per heavy atom. The summed E-state index contributed by atoms with van der Waals surface area (Å²) in [4.78, 5) is 13.1. The van der Waals surface area contributed by atoms with Gasteiger partial charge < -0.3 is 5.11 Å². The Bertz CT molecular complexity index is 217. The van der Waals surface area contributed by atoms with E-state index in [1.54, 1.807) is 6.92 Å². The van der Waals surface area contributed by atoms with E-state index in [9.17, 15) is 9.90 Å². The molecule has 1 saturated carbocycles. The molecule has 2 rings (SSSR count). The molecule has 74 valence electrons. The Kier molecular flexibility index (Phi) is 2.39. The minimum atomic E-state index is -0.109. The van der Waals surface area contributed by atoms with Crippen molar-refractivity contribution in [3.63, 3.8) is 0 Å². The molecule has 1 N–H and O–H groups in total. The monoisotopic (exact) mass is 183 g/mol. The summed E-state index contributed by atoms with van der Waals surface area (Å²) in [6.07, 6.45) is 1.99. The lowest BCUT2D eigenvalue weighted by molar-refractivity contribution is -0.118. The summed E-state index contributed by atoms with van der Waals surface area (Å²) < 4.78 is 0. The zero-order chi connectivity index (χ0) is 9.42.